The van der Waals surface area contributed by atoms with Crippen molar-refractivity contribution < 1.29 is 18.3 Å². The fourth-order valence-electron chi connectivity index (χ4n) is 2.29. The summed E-state index contributed by atoms with van der Waals surface area (Å²) in [5.41, 5.74) is 0.813. The summed E-state index contributed by atoms with van der Waals surface area (Å²) in [6, 6.07) is 5.18. The lowest BCUT2D eigenvalue weighted by molar-refractivity contribution is 0.135. The molecule has 1 aliphatic heterocycles. The van der Waals surface area contributed by atoms with Crippen molar-refractivity contribution >= 4 is 10.0 Å². The topological polar surface area (TPSA) is 75.6 Å². The molecule has 1 aromatic carbocycles. The molecule has 1 fully saturated rings. The average molecular weight is 285 g/mol. The van der Waals surface area contributed by atoms with Crippen molar-refractivity contribution in [2.45, 2.75) is 30.7 Å². The lowest BCUT2D eigenvalue weighted by Crippen LogP contribution is -2.51. The van der Waals surface area contributed by atoms with Crippen LogP contribution in [0, 0.1) is 13.8 Å². The second-order valence-electron chi connectivity index (χ2n) is 5.12. The molecule has 0 radical (unpaired) electrons. The van der Waals surface area contributed by atoms with Crippen molar-refractivity contribution in [3.63, 3.8) is 0 Å². The Morgan fingerprint density at radius 1 is 1.42 bits per heavy atom. The van der Waals surface area contributed by atoms with E-state index in [-0.39, 0.29) is 18.1 Å². The van der Waals surface area contributed by atoms with Gasteiger partial charge in [-0.3, -0.25) is 0 Å². The molecule has 1 heterocycles. The number of benzene rings is 1. The van der Waals surface area contributed by atoms with Crippen LogP contribution in [0.25, 0.3) is 0 Å². The summed E-state index contributed by atoms with van der Waals surface area (Å²) >= 11 is 0. The first-order valence-electron chi connectivity index (χ1n) is 6.18. The second kappa shape index (κ2) is 5.20. The highest BCUT2D eigenvalue weighted by Crippen LogP contribution is 2.23. The Bertz CT molecular complexity index is 562. The van der Waals surface area contributed by atoms with Crippen molar-refractivity contribution in [3.05, 3.63) is 29.3 Å². The molecule has 0 saturated carbocycles. The van der Waals surface area contributed by atoms with Gasteiger partial charge in [-0.1, -0.05) is 17.7 Å². The summed E-state index contributed by atoms with van der Waals surface area (Å²) in [6.07, 6.45) is 0.480. The quantitative estimate of drug-likeness (QED) is 0.855. The van der Waals surface area contributed by atoms with Gasteiger partial charge in [-0.05, 0) is 31.9 Å². The molecule has 0 spiro atoms. The third-order valence-electron chi connectivity index (χ3n) is 3.38. The first-order chi connectivity index (χ1) is 8.88. The number of aliphatic hydroxyl groups excluding tert-OH is 1. The zero-order valence-electron chi connectivity index (χ0n) is 11.1. The smallest absolute Gasteiger partial charge is 0.241 e. The Morgan fingerprint density at radius 2 is 2.16 bits per heavy atom. The molecular formula is C13H19NO4S. The van der Waals surface area contributed by atoms with Crippen LogP contribution in [0.2, 0.25) is 0 Å². The van der Waals surface area contributed by atoms with Gasteiger partial charge in [-0.2, -0.15) is 0 Å². The molecular weight excluding hydrogens is 266 g/mol. The van der Waals surface area contributed by atoms with Gasteiger partial charge < -0.3 is 9.84 Å². The van der Waals surface area contributed by atoms with Crippen LogP contribution in [0.3, 0.4) is 0 Å². The molecule has 1 aliphatic rings. The monoisotopic (exact) mass is 285 g/mol. The first-order valence-corrected chi connectivity index (χ1v) is 7.67. The summed E-state index contributed by atoms with van der Waals surface area (Å²) < 4.78 is 32.6. The van der Waals surface area contributed by atoms with Crippen molar-refractivity contribution in [1.82, 2.24) is 4.72 Å². The maximum atomic E-state index is 12.4. The van der Waals surface area contributed by atoms with Gasteiger partial charge in [-0.25, -0.2) is 13.1 Å². The van der Waals surface area contributed by atoms with E-state index in [4.69, 9.17) is 4.74 Å². The molecule has 0 bridgehead atoms. The van der Waals surface area contributed by atoms with E-state index in [0.29, 0.717) is 18.6 Å². The van der Waals surface area contributed by atoms with Crippen LogP contribution in [0.4, 0.5) is 0 Å². The van der Waals surface area contributed by atoms with Crippen LogP contribution in [-0.4, -0.2) is 38.9 Å². The Labute approximate surface area is 113 Å². The Kier molecular flexibility index (Phi) is 3.96. The molecule has 6 heteroatoms. The lowest BCUT2D eigenvalue weighted by atomic mass is 10.0. The largest absolute Gasteiger partial charge is 0.394 e. The van der Waals surface area contributed by atoms with Gasteiger partial charge >= 0.3 is 0 Å². The van der Waals surface area contributed by atoms with E-state index in [1.165, 1.54) is 0 Å². The fourth-order valence-corrected chi connectivity index (χ4v) is 3.92. The van der Waals surface area contributed by atoms with E-state index in [2.05, 4.69) is 4.72 Å². The van der Waals surface area contributed by atoms with Gasteiger partial charge in [0.2, 0.25) is 10.0 Å². The molecule has 106 valence electrons. The van der Waals surface area contributed by atoms with Gasteiger partial charge in [0, 0.05) is 6.61 Å². The zero-order chi connectivity index (χ0) is 14.1. The lowest BCUT2D eigenvalue weighted by Gasteiger charge is -2.26. The molecule has 2 N–H and O–H groups in total. The van der Waals surface area contributed by atoms with E-state index >= 15 is 0 Å². The van der Waals surface area contributed by atoms with Crippen molar-refractivity contribution in [1.29, 1.82) is 0 Å². The van der Waals surface area contributed by atoms with Crippen molar-refractivity contribution in [2.75, 3.05) is 19.8 Å². The number of rotatable bonds is 4. The number of sulfonamides is 1. The van der Waals surface area contributed by atoms with Gasteiger partial charge in [0.25, 0.3) is 0 Å². The van der Waals surface area contributed by atoms with E-state index in [1.807, 2.05) is 13.0 Å². The summed E-state index contributed by atoms with van der Waals surface area (Å²) in [4.78, 5) is 0.248. The number of hydrogen-bond donors (Lipinski definition) is 2. The number of nitrogens with one attached hydrogen (secondary N) is 1. The van der Waals surface area contributed by atoms with Crippen LogP contribution in [-0.2, 0) is 14.8 Å². The standard InChI is InChI=1S/C13H19NO4S/c1-10-3-4-12(11(2)7-10)19(16,17)14-13(8-15)5-6-18-9-13/h3-4,7,14-15H,5-6,8-9H2,1-2H3. The predicted molar refractivity (Wildman–Crippen MR) is 71.5 cm³/mol. The maximum absolute atomic E-state index is 12.4. The van der Waals surface area contributed by atoms with Crippen LogP contribution >= 0.6 is 0 Å². The predicted octanol–water partition coefficient (Wildman–Crippen LogP) is 0.733. The highest BCUT2D eigenvalue weighted by molar-refractivity contribution is 7.89. The van der Waals surface area contributed by atoms with E-state index < -0.39 is 15.6 Å². The normalized spacial score (nSPS) is 23.7. The second-order valence-corrected chi connectivity index (χ2v) is 6.77. The van der Waals surface area contributed by atoms with Gasteiger partial charge in [-0.15, -0.1) is 0 Å². The molecule has 0 aliphatic carbocycles. The van der Waals surface area contributed by atoms with E-state index in [0.717, 1.165) is 5.56 Å². The molecule has 1 unspecified atom stereocenters. The Morgan fingerprint density at radius 3 is 2.68 bits per heavy atom. The SMILES string of the molecule is Cc1ccc(S(=O)(=O)NC2(CO)CCOC2)c(C)c1. The van der Waals surface area contributed by atoms with Crippen LogP contribution < -0.4 is 4.72 Å². The highest BCUT2D eigenvalue weighted by Gasteiger charge is 2.38. The fraction of sp³-hybridized carbons (Fsp3) is 0.538. The minimum atomic E-state index is -3.65. The van der Waals surface area contributed by atoms with Crippen LogP contribution in [0.1, 0.15) is 17.5 Å². The molecule has 5 nitrogen and oxygen atoms in total. The summed E-state index contributed by atoms with van der Waals surface area (Å²) in [6.45, 7) is 4.07. The third kappa shape index (κ3) is 2.97. The molecule has 0 aromatic heterocycles. The molecule has 2 rings (SSSR count). The first kappa shape index (κ1) is 14.5. The number of aryl methyl sites for hydroxylation is 2. The minimum absolute atomic E-state index is 0.202. The van der Waals surface area contributed by atoms with Crippen molar-refractivity contribution in [2.24, 2.45) is 0 Å². The van der Waals surface area contributed by atoms with Gasteiger partial charge in [0.15, 0.2) is 0 Å². The highest BCUT2D eigenvalue weighted by atomic mass is 32.2. The summed E-state index contributed by atoms with van der Waals surface area (Å²) in [5.74, 6) is 0. The van der Waals surface area contributed by atoms with Crippen LogP contribution in [0.15, 0.2) is 23.1 Å². The average Bonchev–Trinajstić information content (AvgIpc) is 2.77. The molecule has 1 saturated heterocycles. The third-order valence-corrected chi connectivity index (χ3v) is 5.12. The van der Waals surface area contributed by atoms with Crippen LogP contribution in [0.5, 0.6) is 0 Å². The molecule has 19 heavy (non-hydrogen) atoms. The Hall–Kier alpha value is -0.950. The van der Waals surface area contributed by atoms with E-state index in [9.17, 15) is 13.5 Å². The number of ether oxygens (including phenoxy) is 1. The summed E-state index contributed by atoms with van der Waals surface area (Å²) in [5, 5.41) is 9.43. The molecule has 0 amide bonds. The number of hydrogen-bond acceptors (Lipinski definition) is 4. The van der Waals surface area contributed by atoms with E-state index in [1.54, 1.807) is 19.1 Å². The Balaban J connectivity index is 2.32. The molecule has 1 aromatic rings. The minimum Gasteiger partial charge on any atom is -0.394 e. The zero-order valence-corrected chi connectivity index (χ0v) is 12.0. The van der Waals surface area contributed by atoms with Crippen molar-refractivity contribution in [3.8, 4) is 0 Å². The van der Waals surface area contributed by atoms with Gasteiger partial charge in [0.1, 0.15) is 0 Å². The summed E-state index contributed by atoms with van der Waals surface area (Å²) in [7, 11) is -3.65. The van der Waals surface area contributed by atoms with Gasteiger partial charge in [0.05, 0.1) is 23.6 Å². The number of aliphatic hydroxyl groups is 1. The maximum Gasteiger partial charge on any atom is 0.241 e. The molecule has 1 atom stereocenters.